The van der Waals surface area contributed by atoms with E-state index in [9.17, 15) is 4.79 Å². The fraction of sp³-hybridized carbons (Fsp3) is 0.316. The van der Waals surface area contributed by atoms with Crippen molar-refractivity contribution in [3.63, 3.8) is 0 Å². The number of amides is 1. The first-order valence-electron chi connectivity index (χ1n) is 8.05. The van der Waals surface area contributed by atoms with Crippen molar-refractivity contribution in [2.45, 2.75) is 6.10 Å². The highest BCUT2D eigenvalue weighted by molar-refractivity contribution is 5.83. The summed E-state index contributed by atoms with van der Waals surface area (Å²) in [5, 5.41) is 0. The van der Waals surface area contributed by atoms with Gasteiger partial charge in [0, 0.05) is 12.6 Å². The van der Waals surface area contributed by atoms with Crippen LogP contribution in [0.5, 0.6) is 17.2 Å². The lowest BCUT2D eigenvalue weighted by Crippen LogP contribution is -2.37. The summed E-state index contributed by atoms with van der Waals surface area (Å²) in [6.45, 7) is 0.853. The maximum atomic E-state index is 12.7. The maximum absolute atomic E-state index is 12.7. The van der Waals surface area contributed by atoms with E-state index in [1.54, 1.807) is 19.1 Å². The fourth-order valence-corrected chi connectivity index (χ4v) is 2.63. The van der Waals surface area contributed by atoms with Crippen molar-refractivity contribution >= 4 is 5.91 Å². The van der Waals surface area contributed by atoms with Crippen molar-refractivity contribution in [1.82, 2.24) is 4.90 Å². The van der Waals surface area contributed by atoms with Gasteiger partial charge in [-0.1, -0.05) is 30.3 Å². The van der Waals surface area contributed by atoms with E-state index in [1.165, 1.54) is 0 Å². The Balaban J connectivity index is 1.59. The molecule has 1 aliphatic heterocycles. The molecule has 1 unspecified atom stereocenters. The van der Waals surface area contributed by atoms with Crippen LogP contribution in [0.2, 0.25) is 0 Å². The molecule has 0 aliphatic carbocycles. The van der Waals surface area contributed by atoms with Gasteiger partial charge in [0.1, 0.15) is 12.4 Å². The van der Waals surface area contributed by atoms with E-state index in [2.05, 4.69) is 0 Å². The summed E-state index contributed by atoms with van der Waals surface area (Å²) in [6.07, 6.45) is -0.652. The van der Waals surface area contributed by atoms with Gasteiger partial charge < -0.3 is 23.8 Å². The molecule has 6 heteroatoms. The lowest BCUT2D eigenvalue weighted by molar-refractivity contribution is -0.151. The van der Waals surface area contributed by atoms with Gasteiger partial charge >= 0.3 is 0 Å². The number of carbonyl (C=O) groups excluding carboxylic acids is 1. The van der Waals surface area contributed by atoms with E-state index >= 15 is 0 Å². The molecule has 2 aromatic rings. The van der Waals surface area contributed by atoms with Gasteiger partial charge in [0.15, 0.2) is 24.4 Å². The number of hydrogen-bond donors (Lipinski definition) is 0. The van der Waals surface area contributed by atoms with Crippen molar-refractivity contribution in [1.29, 1.82) is 0 Å². The topological polar surface area (TPSA) is 57.2 Å². The van der Waals surface area contributed by atoms with E-state index in [4.69, 9.17) is 18.9 Å². The molecule has 0 aromatic heterocycles. The first kappa shape index (κ1) is 17.1. The number of fused-ring (bicyclic) bond motifs is 1. The van der Waals surface area contributed by atoms with Gasteiger partial charge in [-0.3, -0.25) is 4.79 Å². The number of methoxy groups -OCH3 is 1. The van der Waals surface area contributed by atoms with Crippen LogP contribution in [0.4, 0.5) is 0 Å². The third-order valence-corrected chi connectivity index (χ3v) is 4.00. The molecule has 0 radical (unpaired) electrons. The molecule has 25 heavy (non-hydrogen) atoms. The molecule has 1 heterocycles. The summed E-state index contributed by atoms with van der Waals surface area (Å²) in [5.74, 6) is 1.88. The number of hydrogen-bond acceptors (Lipinski definition) is 5. The summed E-state index contributed by atoms with van der Waals surface area (Å²) in [7, 11) is 3.33. The molecule has 0 saturated carbocycles. The summed E-state index contributed by atoms with van der Waals surface area (Å²) >= 11 is 0. The summed E-state index contributed by atoms with van der Waals surface area (Å²) < 4.78 is 21.9. The second-order valence-corrected chi connectivity index (χ2v) is 5.61. The van der Waals surface area contributed by atoms with Crippen LogP contribution in [0.25, 0.3) is 0 Å². The van der Waals surface area contributed by atoms with E-state index in [0.717, 1.165) is 5.56 Å². The van der Waals surface area contributed by atoms with Crippen LogP contribution in [0.15, 0.2) is 48.5 Å². The third kappa shape index (κ3) is 3.85. The Kier molecular flexibility index (Phi) is 5.40. The molecule has 2 aromatic carbocycles. The number of ether oxygens (including phenoxy) is 4. The van der Waals surface area contributed by atoms with E-state index in [1.807, 2.05) is 48.5 Å². The molecule has 0 fully saturated rings. The lowest BCUT2D eigenvalue weighted by Gasteiger charge is -2.28. The predicted molar refractivity (Wildman–Crippen MR) is 91.9 cm³/mol. The van der Waals surface area contributed by atoms with Crippen LogP contribution in [-0.4, -0.2) is 44.9 Å². The average molecular weight is 343 g/mol. The number of likely N-dealkylation sites (N-methyl/N-ethyl adjacent to an activating group) is 1. The Morgan fingerprint density at radius 2 is 1.88 bits per heavy atom. The summed E-state index contributed by atoms with van der Waals surface area (Å²) in [4.78, 5) is 14.3. The van der Waals surface area contributed by atoms with Crippen LogP contribution in [0.3, 0.4) is 0 Å². The zero-order valence-corrected chi connectivity index (χ0v) is 14.3. The van der Waals surface area contributed by atoms with E-state index in [0.29, 0.717) is 30.4 Å². The van der Waals surface area contributed by atoms with Gasteiger partial charge in [0.2, 0.25) is 0 Å². The number of para-hydroxylation sites is 3. The minimum absolute atomic E-state index is 0.0684. The molecule has 3 rings (SSSR count). The van der Waals surface area contributed by atoms with Gasteiger partial charge in [-0.05, 0) is 18.2 Å². The van der Waals surface area contributed by atoms with Crippen molar-refractivity contribution in [3.8, 4) is 17.2 Å². The fourth-order valence-electron chi connectivity index (χ4n) is 2.63. The van der Waals surface area contributed by atoms with Gasteiger partial charge in [-0.15, -0.1) is 0 Å². The standard InChI is InChI=1S/C19H21NO5/c1-20(11-12-23-17-10-6-5-9-16(17)22-2)19(21)18-14-7-3-4-8-15(14)24-13-25-18/h3-10,18H,11-13H2,1-2H3. The highest BCUT2D eigenvalue weighted by Crippen LogP contribution is 2.32. The lowest BCUT2D eigenvalue weighted by atomic mass is 10.1. The largest absolute Gasteiger partial charge is 0.493 e. The number of rotatable bonds is 6. The molecular weight excluding hydrogens is 322 g/mol. The Labute approximate surface area is 146 Å². The molecule has 0 bridgehead atoms. The van der Waals surface area contributed by atoms with E-state index in [-0.39, 0.29) is 12.7 Å². The molecule has 132 valence electrons. The van der Waals surface area contributed by atoms with Crippen LogP contribution in [-0.2, 0) is 9.53 Å². The zero-order valence-electron chi connectivity index (χ0n) is 14.3. The normalized spacial score (nSPS) is 15.7. The second kappa shape index (κ2) is 7.90. The van der Waals surface area contributed by atoms with Gasteiger partial charge in [-0.25, -0.2) is 0 Å². The maximum Gasteiger partial charge on any atom is 0.256 e. The number of carbonyl (C=O) groups is 1. The second-order valence-electron chi connectivity index (χ2n) is 5.61. The smallest absolute Gasteiger partial charge is 0.256 e. The Bertz CT molecular complexity index is 733. The summed E-state index contributed by atoms with van der Waals surface area (Å²) in [5.41, 5.74) is 0.747. The third-order valence-electron chi connectivity index (χ3n) is 4.00. The van der Waals surface area contributed by atoms with Crippen LogP contribution in [0.1, 0.15) is 11.7 Å². The summed E-state index contributed by atoms with van der Waals surface area (Å²) in [6, 6.07) is 14.8. The monoisotopic (exact) mass is 343 g/mol. The van der Waals surface area contributed by atoms with Crippen LogP contribution < -0.4 is 14.2 Å². The molecule has 1 atom stereocenters. The van der Waals surface area contributed by atoms with Gasteiger partial charge in [-0.2, -0.15) is 0 Å². The highest BCUT2D eigenvalue weighted by atomic mass is 16.7. The zero-order chi connectivity index (χ0) is 17.6. The van der Waals surface area contributed by atoms with Gasteiger partial charge in [0.25, 0.3) is 5.91 Å². The molecule has 6 nitrogen and oxygen atoms in total. The molecule has 1 aliphatic rings. The van der Waals surface area contributed by atoms with Crippen molar-refractivity contribution in [2.24, 2.45) is 0 Å². The first-order valence-corrected chi connectivity index (χ1v) is 8.05. The minimum Gasteiger partial charge on any atom is -0.493 e. The van der Waals surface area contributed by atoms with Gasteiger partial charge in [0.05, 0.1) is 13.7 Å². The molecular formula is C19H21NO5. The number of benzene rings is 2. The molecule has 0 N–H and O–H groups in total. The van der Waals surface area contributed by atoms with Crippen molar-refractivity contribution < 1.29 is 23.7 Å². The number of nitrogens with zero attached hydrogens (tertiary/aromatic N) is 1. The Hall–Kier alpha value is -2.73. The Morgan fingerprint density at radius 3 is 2.68 bits per heavy atom. The van der Waals surface area contributed by atoms with Crippen molar-refractivity contribution in [3.05, 3.63) is 54.1 Å². The molecule has 0 saturated heterocycles. The molecule has 1 amide bonds. The first-order chi connectivity index (χ1) is 12.2. The van der Waals surface area contributed by atoms with Crippen LogP contribution in [0, 0.1) is 0 Å². The van der Waals surface area contributed by atoms with Crippen LogP contribution >= 0.6 is 0 Å². The molecule has 0 spiro atoms. The highest BCUT2D eigenvalue weighted by Gasteiger charge is 2.30. The predicted octanol–water partition coefficient (Wildman–Crippen LogP) is 2.64. The minimum atomic E-state index is -0.652. The van der Waals surface area contributed by atoms with Crippen molar-refractivity contribution in [2.75, 3.05) is 34.1 Å². The SMILES string of the molecule is COc1ccccc1OCCN(C)C(=O)C1OCOc2ccccc21. The van der Waals surface area contributed by atoms with E-state index < -0.39 is 6.10 Å². The quantitative estimate of drug-likeness (QED) is 0.807. The Morgan fingerprint density at radius 1 is 1.16 bits per heavy atom. The average Bonchev–Trinajstić information content (AvgIpc) is 2.67.